The molecule has 12 heteroatoms. The minimum absolute atomic E-state index is 0.0591. The number of pyridine rings is 1. The Morgan fingerprint density at radius 3 is 2.45 bits per heavy atom. The lowest BCUT2D eigenvalue weighted by molar-refractivity contribution is -0.384. The number of benzene rings is 3. The zero-order valence-corrected chi connectivity index (χ0v) is 20.9. The van der Waals surface area contributed by atoms with Gasteiger partial charge in [0.2, 0.25) is 0 Å². The zero-order chi connectivity index (χ0) is 28.0. The van der Waals surface area contributed by atoms with Crippen molar-refractivity contribution in [2.45, 2.75) is 13.2 Å². The summed E-state index contributed by atoms with van der Waals surface area (Å²) in [6.07, 6.45) is 1.52. The van der Waals surface area contributed by atoms with Crippen molar-refractivity contribution in [2.75, 3.05) is 7.11 Å². The molecule has 0 fully saturated rings. The number of nitrogens with zero attached hydrogens (tertiary/aromatic N) is 5. The molecule has 0 N–H and O–H groups in total. The van der Waals surface area contributed by atoms with Crippen LogP contribution in [0.5, 0.6) is 5.75 Å². The third-order valence-electron chi connectivity index (χ3n) is 6.67. The fraction of sp³-hybridized carbons (Fsp3) is 0.107. The van der Waals surface area contributed by atoms with Gasteiger partial charge in [-0.05, 0) is 24.3 Å². The second-order valence-electron chi connectivity index (χ2n) is 8.96. The van der Waals surface area contributed by atoms with Crippen LogP contribution in [0.4, 0.5) is 5.69 Å². The third kappa shape index (κ3) is 3.98. The first-order chi connectivity index (χ1) is 19.4. The van der Waals surface area contributed by atoms with Gasteiger partial charge in [0.15, 0.2) is 5.78 Å². The first-order valence-corrected chi connectivity index (χ1v) is 12.1. The second kappa shape index (κ2) is 9.58. The number of ketones is 1. The summed E-state index contributed by atoms with van der Waals surface area (Å²) in [7, 11) is 1.46. The van der Waals surface area contributed by atoms with Crippen molar-refractivity contribution in [1.29, 1.82) is 0 Å². The van der Waals surface area contributed by atoms with Crippen molar-refractivity contribution < 1.29 is 24.0 Å². The minimum Gasteiger partial charge on any atom is -0.496 e. The van der Waals surface area contributed by atoms with Crippen molar-refractivity contribution in [3.8, 4) is 22.7 Å². The topological polar surface area (TPSA) is 148 Å². The lowest BCUT2D eigenvalue weighted by Crippen LogP contribution is -2.27. The van der Waals surface area contributed by atoms with E-state index in [1.54, 1.807) is 42.5 Å². The Morgan fingerprint density at radius 1 is 0.975 bits per heavy atom. The highest BCUT2D eigenvalue weighted by Gasteiger charge is 2.35. The van der Waals surface area contributed by atoms with E-state index in [1.807, 2.05) is 0 Å². The second-order valence-corrected chi connectivity index (χ2v) is 8.96. The van der Waals surface area contributed by atoms with E-state index in [4.69, 9.17) is 9.47 Å². The first-order valence-electron chi connectivity index (χ1n) is 12.1. The number of carbonyl (C=O) groups is 2. The van der Waals surface area contributed by atoms with Crippen LogP contribution in [0.1, 0.15) is 21.6 Å². The van der Waals surface area contributed by atoms with Gasteiger partial charge in [0.05, 0.1) is 40.7 Å². The zero-order valence-electron chi connectivity index (χ0n) is 20.9. The number of hydrogen-bond donors (Lipinski definition) is 0. The standard InChI is InChI=1S/C28H19N5O7/c1-39-22-8-4-7-21-24(22)27(35)25-19-5-2-3-6-20(19)28(36)31(26(21)25)14-23(34)40-15-16-13-32(30-29-16)17-9-11-18(12-10-17)33(37)38/h2-13H,14-15H2,1H3. The van der Waals surface area contributed by atoms with Crippen LogP contribution in [0.3, 0.4) is 0 Å². The summed E-state index contributed by atoms with van der Waals surface area (Å²) < 4.78 is 13.5. The number of aromatic nitrogens is 4. The van der Waals surface area contributed by atoms with Gasteiger partial charge in [-0.15, -0.1) is 5.10 Å². The van der Waals surface area contributed by atoms with E-state index in [1.165, 1.54) is 46.8 Å². The summed E-state index contributed by atoms with van der Waals surface area (Å²) in [5.74, 6) is -0.627. The molecule has 1 aliphatic rings. The van der Waals surface area contributed by atoms with Crippen LogP contribution in [0.25, 0.3) is 27.7 Å². The summed E-state index contributed by atoms with van der Waals surface area (Å²) in [6, 6.07) is 17.6. The molecule has 2 heterocycles. The minimum atomic E-state index is -0.715. The van der Waals surface area contributed by atoms with Gasteiger partial charge in [-0.25, -0.2) is 4.68 Å². The van der Waals surface area contributed by atoms with Gasteiger partial charge in [-0.1, -0.05) is 35.5 Å². The van der Waals surface area contributed by atoms with E-state index in [-0.39, 0.29) is 18.1 Å². The molecule has 5 aromatic rings. The first kappa shape index (κ1) is 24.7. The Morgan fingerprint density at radius 2 is 1.73 bits per heavy atom. The number of fused-ring (bicyclic) bond motifs is 5. The predicted octanol–water partition coefficient (Wildman–Crippen LogP) is 3.45. The lowest BCUT2D eigenvalue weighted by Gasteiger charge is -2.14. The van der Waals surface area contributed by atoms with Gasteiger partial charge in [-0.2, -0.15) is 0 Å². The molecule has 0 unspecified atom stereocenters. The number of carbonyl (C=O) groups excluding carboxylic acids is 2. The molecule has 198 valence electrons. The molecular formula is C28H19N5O7. The molecule has 0 saturated carbocycles. The fourth-order valence-electron chi connectivity index (χ4n) is 4.86. The number of nitro groups is 1. The predicted molar refractivity (Wildman–Crippen MR) is 141 cm³/mol. The average Bonchev–Trinajstić information content (AvgIpc) is 3.57. The van der Waals surface area contributed by atoms with Crippen molar-refractivity contribution in [3.05, 3.63) is 110 Å². The fourth-order valence-corrected chi connectivity index (χ4v) is 4.86. The third-order valence-corrected chi connectivity index (χ3v) is 6.67. The summed E-state index contributed by atoms with van der Waals surface area (Å²) in [6.45, 7) is -0.661. The molecule has 0 saturated heterocycles. The molecule has 0 aliphatic heterocycles. The van der Waals surface area contributed by atoms with Gasteiger partial charge in [0, 0.05) is 28.5 Å². The molecule has 3 aromatic carbocycles. The van der Waals surface area contributed by atoms with Crippen LogP contribution < -0.4 is 10.3 Å². The number of non-ortho nitro benzene ring substituents is 1. The molecule has 0 radical (unpaired) electrons. The number of nitro benzene ring substituents is 1. The largest absolute Gasteiger partial charge is 0.496 e. The quantitative estimate of drug-likeness (QED) is 0.170. The molecule has 12 nitrogen and oxygen atoms in total. The molecular weight excluding hydrogens is 518 g/mol. The van der Waals surface area contributed by atoms with E-state index in [2.05, 4.69) is 10.3 Å². The summed E-state index contributed by atoms with van der Waals surface area (Å²) in [4.78, 5) is 50.4. The van der Waals surface area contributed by atoms with E-state index in [0.29, 0.717) is 50.3 Å². The van der Waals surface area contributed by atoms with Crippen LogP contribution >= 0.6 is 0 Å². The van der Waals surface area contributed by atoms with Crippen LogP contribution in [0.15, 0.2) is 77.7 Å². The Kier molecular flexibility index (Phi) is 5.91. The number of esters is 1. The number of hydrogen-bond acceptors (Lipinski definition) is 9. The van der Waals surface area contributed by atoms with E-state index in [0.717, 1.165) is 0 Å². The smallest absolute Gasteiger partial charge is 0.326 e. The van der Waals surface area contributed by atoms with Crippen LogP contribution in [-0.4, -0.2) is 43.3 Å². The van der Waals surface area contributed by atoms with E-state index >= 15 is 0 Å². The van der Waals surface area contributed by atoms with Gasteiger partial charge in [0.1, 0.15) is 24.6 Å². The average molecular weight is 537 g/mol. The van der Waals surface area contributed by atoms with Crippen molar-refractivity contribution in [3.63, 3.8) is 0 Å². The number of methoxy groups -OCH3 is 1. The van der Waals surface area contributed by atoms with Crippen LogP contribution in [0.2, 0.25) is 0 Å². The SMILES string of the molecule is COc1cccc2c1C(=O)c1c-2n(CC(=O)OCc2cn(-c3ccc([N+](=O)[O-])cc3)nn2)c(=O)c2ccccc12. The van der Waals surface area contributed by atoms with Crippen molar-refractivity contribution >= 4 is 28.2 Å². The molecule has 2 aromatic heterocycles. The van der Waals surface area contributed by atoms with Gasteiger partial charge in [-0.3, -0.25) is 29.1 Å². The van der Waals surface area contributed by atoms with Crippen molar-refractivity contribution in [1.82, 2.24) is 19.6 Å². The molecule has 0 spiro atoms. The van der Waals surface area contributed by atoms with Crippen LogP contribution in [-0.2, 0) is 22.7 Å². The van der Waals surface area contributed by atoms with Gasteiger partial charge >= 0.3 is 5.97 Å². The number of rotatable bonds is 7. The molecule has 1 aliphatic carbocycles. The maximum Gasteiger partial charge on any atom is 0.326 e. The Hall–Kier alpha value is -5.65. The maximum atomic E-state index is 13.6. The van der Waals surface area contributed by atoms with Gasteiger partial charge in [0.25, 0.3) is 11.2 Å². The Balaban J connectivity index is 1.29. The lowest BCUT2D eigenvalue weighted by atomic mass is 10.0. The summed E-state index contributed by atoms with van der Waals surface area (Å²) >= 11 is 0. The molecule has 0 amide bonds. The van der Waals surface area contributed by atoms with Crippen LogP contribution in [0, 0.1) is 10.1 Å². The highest BCUT2D eigenvalue weighted by atomic mass is 16.6. The normalized spacial score (nSPS) is 11.8. The maximum absolute atomic E-state index is 13.6. The molecule has 0 bridgehead atoms. The highest BCUT2D eigenvalue weighted by Crippen LogP contribution is 2.43. The summed E-state index contributed by atoms with van der Waals surface area (Å²) in [5.41, 5.74) is 1.87. The summed E-state index contributed by atoms with van der Waals surface area (Å²) in [5, 5.41) is 19.6. The van der Waals surface area contributed by atoms with Gasteiger partial charge < -0.3 is 9.47 Å². The van der Waals surface area contributed by atoms with E-state index in [9.17, 15) is 24.5 Å². The van der Waals surface area contributed by atoms with E-state index < -0.39 is 23.0 Å². The molecule has 40 heavy (non-hydrogen) atoms. The highest BCUT2D eigenvalue weighted by molar-refractivity contribution is 6.27. The monoisotopic (exact) mass is 537 g/mol. The number of ether oxygens (including phenoxy) is 2. The Labute approximate surface area is 225 Å². The molecule has 0 atom stereocenters. The molecule has 6 rings (SSSR count). The Bertz CT molecular complexity index is 1910. The van der Waals surface area contributed by atoms with Crippen molar-refractivity contribution in [2.24, 2.45) is 0 Å².